The van der Waals surface area contributed by atoms with Crippen molar-refractivity contribution in [3.63, 3.8) is 0 Å². The summed E-state index contributed by atoms with van der Waals surface area (Å²) in [4.78, 5) is 8.31. The first-order valence-electron chi connectivity index (χ1n) is 4.40. The third-order valence-corrected chi connectivity index (χ3v) is 2.66. The van der Waals surface area contributed by atoms with Crippen LogP contribution in [0.15, 0.2) is 18.6 Å². The number of aryl methyl sites for hydroxylation is 1. The molecule has 0 aliphatic carbocycles. The fraction of sp³-hybridized carbons (Fsp3) is 0.222. The van der Waals surface area contributed by atoms with Crippen LogP contribution in [0.1, 0.15) is 5.69 Å². The summed E-state index contributed by atoms with van der Waals surface area (Å²) in [6.07, 6.45) is 5.29. The second-order valence-corrected chi connectivity index (χ2v) is 4.36. The predicted octanol–water partition coefficient (Wildman–Crippen LogP) is 1.87. The van der Waals surface area contributed by atoms with E-state index < -0.39 is 0 Å². The van der Waals surface area contributed by atoms with Crippen LogP contribution in [0.5, 0.6) is 0 Å². The number of rotatable bonds is 2. The minimum atomic E-state index is 0.589. The van der Waals surface area contributed by atoms with Gasteiger partial charge in [0.1, 0.15) is 0 Å². The molecule has 2 aromatic rings. The quantitative estimate of drug-likeness (QED) is 0.860. The Balaban J connectivity index is 2.22. The van der Waals surface area contributed by atoms with Gasteiger partial charge >= 0.3 is 0 Å². The van der Waals surface area contributed by atoms with Crippen molar-refractivity contribution < 1.29 is 0 Å². The van der Waals surface area contributed by atoms with Crippen LogP contribution in [0.4, 0.5) is 11.6 Å². The number of anilines is 2. The first-order chi connectivity index (χ1) is 7.16. The number of nitrogens with zero attached hydrogens (tertiary/aromatic N) is 4. The van der Waals surface area contributed by atoms with Crippen LogP contribution in [-0.2, 0) is 7.05 Å². The zero-order valence-electron chi connectivity index (χ0n) is 8.40. The Bertz CT molecular complexity index is 462. The summed E-state index contributed by atoms with van der Waals surface area (Å²) in [5.74, 6) is 0.589. The smallest absolute Gasteiger partial charge is 0.227 e. The van der Waals surface area contributed by atoms with Gasteiger partial charge in [-0.3, -0.25) is 4.68 Å². The van der Waals surface area contributed by atoms with E-state index in [4.69, 9.17) is 0 Å². The molecule has 0 aromatic carbocycles. The molecule has 15 heavy (non-hydrogen) atoms. The van der Waals surface area contributed by atoms with Crippen molar-refractivity contribution in [3.8, 4) is 0 Å². The van der Waals surface area contributed by atoms with Gasteiger partial charge in [0.2, 0.25) is 5.95 Å². The molecule has 0 atom stereocenters. The van der Waals surface area contributed by atoms with Crippen LogP contribution in [0, 0.1) is 10.5 Å². The molecular weight excluding hydrogens is 305 g/mol. The van der Waals surface area contributed by atoms with Gasteiger partial charge in [0.15, 0.2) is 0 Å². The summed E-state index contributed by atoms with van der Waals surface area (Å²) in [7, 11) is 1.90. The third-order valence-electron chi connectivity index (χ3n) is 2.10. The molecule has 0 fully saturated rings. The molecule has 0 amide bonds. The molecule has 0 saturated heterocycles. The summed E-state index contributed by atoms with van der Waals surface area (Å²) in [5, 5.41) is 7.24. The van der Waals surface area contributed by atoms with Gasteiger partial charge < -0.3 is 5.32 Å². The second-order valence-electron chi connectivity index (χ2n) is 3.12. The lowest BCUT2D eigenvalue weighted by Crippen LogP contribution is -1.98. The normalized spacial score (nSPS) is 10.3. The number of halogens is 1. The van der Waals surface area contributed by atoms with Crippen LogP contribution >= 0.6 is 22.6 Å². The molecule has 6 heteroatoms. The summed E-state index contributed by atoms with van der Waals surface area (Å²) in [6, 6.07) is 0. The first kappa shape index (κ1) is 10.3. The topological polar surface area (TPSA) is 55.6 Å². The van der Waals surface area contributed by atoms with E-state index in [2.05, 4.69) is 43.0 Å². The summed E-state index contributed by atoms with van der Waals surface area (Å²) < 4.78 is 2.82. The van der Waals surface area contributed by atoms with E-state index in [0.717, 1.165) is 15.0 Å². The molecule has 0 unspecified atom stereocenters. The Hall–Kier alpha value is -1.18. The van der Waals surface area contributed by atoms with E-state index in [1.165, 1.54) is 0 Å². The molecule has 0 aliphatic rings. The number of nitrogens with one attached hydrogen (secondary N) is 1. The largest absolute Gasteiger partial charge is 0.321 e. The van der Waals surface area contributed by atoms with Crippen LogP contribution in [0.25, 0.3) is 0 Å². The van der Waals surface area contributed by atoms with Crippen molar-refractivity contribution in [2.45, 2.75) is 6.92 Å². The Morgan fingerprint density at radius 1 is 1.27 bits per heavy atom. The number of hydrogen-bond donors (Lipinski definition) is 1. The van der Waals surface area contributed by atoms with Gasteiger partial charge in [-0.2, -0.15) is 5.10 Å². The highest BCUT2D eigenvalue weighted by Crippen LogP contribution is 2.16. The van der Waals surface area contributed by atoms with E-state index in [1.807, 2.05) is 14.0 Å². The van der Waals surface area contributed by atoms with Gasteiger partial charge in [-0.15, -0.1) is 0 Å². The molecule has 0 spiro atoms. The van der Waals surface area contributed by atoms with Gasteiger partial charge in [-0.1, -0.05) is 0 Å². The molecule has 2 heterocycles. The van der Waals surface area contributed by atoms with Crippen molar-refractivity contribution in [2.24, 2.45) is 7.05 Å². The van der Waals surface area contributed by atoms with Gasteiger partial charge in [0, 0.05) is 23.0 Å². The molecule has 5 nitrogen and oxygen atoms in total. The number of hydrogen-bond acceptors (Lipinski definition) is 4. The lowest BCUT2D eigenvalue weighted by atomic mass is 10.4. The standard InChI is InChI=1S/C9H10IN5/c1-6-8(5-13-15(6)2)14-9-11-3-7(10)4-12-9/h3-5H,1-2H3,(H,11,12,14). The maximum atomic E-state index is 4.16. The Labute approximate surface area is 101 Å². The molecule has 0 saturated carbocycles. The highest BCUT2D eigenvalue weighted by Gasteiger charge is 2.04. The van der Waals surface area contributed by atoms with Gasteiger partial charge in [-0.25, -0.2) is 9.97 Å². The van der Waals surface area contributed by atoms with Gasteiger partial charge in [-0.05, 0) is 29.5 Å². The van der Waals surface area contributed by atoms with E-state index in [0.29, 0.717) is 5.95 Å². The van der Waals surface area contributed by atoms with E-state index in [1.54, 1.807) is 23.3 Å². The molecule has 78 valence electrons. The van der Waals surface area contributed by atoms with Crippen LogP contribution < -0.4 is 5.32 Å². The molecule has 2 rings (SSSR count). The maximum Gasteiger partial charge on any atom is 0.227 e. The first-order valence-corrected chi connectivity index (χ1v) is 5.48. The van der Waals surface area contributed by atoms with E-state index >= 15 is 0 Å². The van der Waals surface area contributed by atoms with Crippen molar-refractivity contribution in [3.05, 3.63) is 27.9 Å². The van der Waals surface area contributed by atoms with Crippen molar-refractivity contribution >= 4 is 34.2 Å². The summed E-state index contributed by atoms with van der Waals surface area (Å²) in [5.41, 5.74) is 1.98. The van der Waals surface area contributed by atoms with E-state index in [-0.39, 0.29) is 0 Å². The van der Waals surface area contributed by atoms with Crippen LogP contribution in [0.2, 0.25) is 0 Å². The Morgan fingerprint density at radius 3 is 2.47 bits per heavy atom. The molecule has 2 aromatic heterocycles. The minimum absolute atomic E-state index is 0.589. The third kappa shape index (κ3) is 2.25. The fourth-order valence-electron chi connectivity index (χ4n) is 1.12. The maximum absolute atomic E-state index is 4.16. The molecule has 0 aliphatic heterocycles. The molecule has 1 N–H and O–H groups in total. The van der Waals surface area contributed by atoms with Crippen molar-refractivity contribution in [1.29, 1.82) is 0 Å². The van der Waals surface area contributed by atoms with E-state index in [9.17, 15) is 0 Å². The number of aromatic nitrogens is 4. The molecule has 0 bridgehead atoms. The van der Waals surface area contributed by atoms with Gasteiger partial charge in [0.05, 0.1) is 17.6 Å². The predicted molar refractivity (Wildman–Crippen MR) is 66.0 cm³/mol. The lowest BCUT2D eigenvalue weighted by molar-refractivity contribution is 0.740. The second kappa shape index (κ2) is 4.13. The monoisotopic (exact) mass is 315 g/mol. The SMILES string of the molecule is Cc1c(Nc2ncc(I)cn2)cnn1C. The molecular formula is C9H10IN5. The highest BCUT2D eigenvalue weighted by atomic mass is 127. The van der Waals surface area contributed by atoms with Crippen LogP contribution in [-0.4, -0.2) is 19.7 Å². The minimum Gasteiger partial charge on any atom is -0.321 e. The van der Waals surface area contributed by atoms with Crippen LogP contribution in [0.3, 0.4) is 0 Å². The van der Waals surface area contributed by atoms with Crippen molar-refractivity contribution in [2.75, 3.05) is 5.32 Å². The molecule has 0 radical (unpaired) electrons. The lowest BCUT2D eigenvalue weighted by Gasteiger charge is -2.02. The van der Waals surface area contributed by atoms with Gasteiger partial charge in [0.25, 0.3) is 0 Å². The highest BCUT2D eigenvalue weighted by molar-refractivity contribution is 14.1. The average Bonchev–Trinajstić information content (AvgIpc) is 2.53. The zero-order chi connectivity index (χ0) is 10.8. The van der Waals surface area contributed by atoms with Crippen molar-refractivity contribution in [1.82, 2.24) is 19.7 Å². The Morgan fingerprint density at radius 2 is 1.93 bits per heavy atom. The summed E-state index contributed by atoms with van der Waals surface area (Å²) in [6.45, 7) is 1.99. The zero-order valence-corrected chi connectivity index (χ0v) is 10.6. The fourth-order valence-corrected chi connectivity index (χ4v) is 1.40. The Kier molecular flexibility index (Phi) is 2.85. The average molecular weight is 315 g/mol. The summed E-state index contributed by atoms with van der Waals surface area (Å²) >= 11 is 2.17.